The van der Waals surface area contributed by atoms with E-state index in [0.717, 1.165) is 5.56 Å². The Labute approximate surface area is 266 Å². The third-order valence-corrected chi connectivity index (χ3v) is 8.55. The molecule has 2 saturated heterocycles. The maximum absolute atomic E-state index is 13.3. The molecule has 2 aliphatic rings. The molecule has 11 heteroatoms. The highest BCUT2D eigenvalue weighted by atomic mass is 32.2. The fourth-order valence-electron chi connectivity index (χ4n) is 5.40. The molecule has 2 fully saturated rings. The van der Waals surface area contributed by atoms with Crippen molar-refractivity contribution < 1.29 is 38.1 Å². The molecule has 1 N–H and O–H groups in total. The lowest BCUT2D eigenvalue weighted by atomic mass is 10.0. The van der Waals surface area contributed by atoms with Crippen LogP contribution in [0.3, 0.4) is 0 Å². The molecule has 3 aromatic carbocycles. The van der Waals surface area contributed by atoms with Gasteiger partial charge < -0.3 is 24.3 Å². The minimum Gasteiger partial charge on any atom is -0.455 e. The summed E-state index contributed by atoms with van der Waals surface area (Å²) in [5.74, 6) is -1.43. The second-order valence-corrected chi connectivity index (χ2v) is 11.7. The highest BCUT2D eigenvalue weighted by Gasteiger charge is 2.44. The highest BCUT2D eigenvalue weighted by molar-refractivity contribution is 7.99. The Morgan fingerprint density at radius 1 is 0.867 bits per heavy atom. The first-order valence-electron chi connectivity index (χ1n) is 14.9. The van der Waals surface area contributed by atoms with E-state index in [1.54, 1.807) is 60.7 Å². The summed E-state index contributed by atoms with van der Waals surface area (Å²) in [4.78, 5) is 53.6. The molecule has 0 bridgehead atoms. The van der Waals surface area contributed by atoms with Gasteiger partial charge in [0, 0.05) is 19.5 Å². The van der Waals surface area contributed by atoms with Gasteiger partial charge >= 0.3 is 18.0 Å². The van der Waals surface area contributed by atoms with Crippen molar-refractivity contribution in [1.29, 1.82) is 0 Å². The predicted octanol–water partition coefficient (Wildman–Crippen LogP) is 4.83. The Morgan fingerprint density at radius 3 is 2.09 bits per heavy atom. The monoisotopic (exact) mass is 632 g/mol. The number of nitrogens with zero attached hydrogens (tertiary/aromatic N) is 1. The molecular weight excluding hydrogens is 596 g/mol. The first kappa shape index (κ1) is 32.1. The maximum Gasteiger partial charge on any atom is 0.410 e. The zero-order valence-electron chi connectivity index (χ0n) is 24.9. The summed E-state index contributed by atoms with van der Waals surface area (Å²) in [6.07, 6.45) is 0.361. The van der Waals surface area contributed by atoms with Crippen LogP contribution in [-0.4, -0.2) is 78.0 Å². The number of nitrogens with one attached hydrogen (secondary N) is 1. The van der Waals surface area contributed by atoms with E-state index in [1.807, 2.05) is 36.6 Å². The lowest BCUT2D eigenvalue weighted by molar-refractivity contribution is -0.144. The van der Waals surface area contributed by atoms with Crippen molar-refractivity contribution in [2.24, 2.45) is 0 Å². The smallest absolute Gasteiger partial charge is 0.410 e. The fourth-order valence-corrected chi connectivity index (χ4v) is 6.16. The average molecular weight is 633 g/mol. The van der Waals surface area contributed by atoms with Crippen LogP contribution < -0.4 is 5.32 Å². The number of carbonyl (C=O) groups is 4. The third kappa shape index (κ3) is 8.43. The Bertz CT molecular complexity index is 1440. The number of hydrogen-bond donors (Lipinski definition) is 1. The van der Waals surface area contributed by atoms with Gasteiger partial charge in [0.2, 0.25) is 5.91 Å². The first-order chi connectivity index (χ1) is 21.9. The molecule has 5 atom stereocenters. The summed E-state index contributed by atoms with van der Waals surface area (Å²) >= 11 is 1.32. The molecule has 5 rings (SSSR count). The van der Waals surface area contributed by atoms with Gasteiger partial charge in [0.15, 0.2) is 6.10 Å². The summed E-state index contributed by atoms with van der Waals surface area (Å²) in [6.45, 7) is 0.653. The molecular formula is C34H36N2O8S. The Morgan fingerprint density at radius 2 is 1.47 bits per heavy atom. The van der Waals surface area contributed by atoms with Crippen molar-refractivity contribution in [3.63, 3.8) is 0 Å². The summed E-state index contributed by atoms with van der Waals surface area (Å²) in [5, 5.41) is 2.91. The van der Waals surface area contributed by atoms with Crippen LogP contribution >= 0.6 is 11.8 Å². The number of carbonyl (C=O) groups excluding carboxylic acids is 4. The lowest BCUT2D eigenvalue weighted by Crippen LogP contribution is -2.54. The molecule has 0 aliphatic carbocycles. The topological polar surface area (TPSA) is 120 Å². The van der Waals surface area contributed by atoms with Crippen LogP contribution in [0, 0.1) is 0 Å². The zero-order chi connectivity index (χ0) is 31.6. The standard InChI is InChI=1S/C34H36N2O8S/c1-45-33-29(44-32(39)25-16-9-4-10-17-25)28(43-31(38)24-14-7-3-8-15-24)20-26(42-33)21-35-30(37)27-18-11-19-36(27)34(40)41-22-23-12-5-2-6-13-23/h2-10,12-17,26-29,33H,11,18-22H2,1H3,(H,35,37)/t26-,27?,28-,29-,33+/m1/s1. The van der Waals surface area contributed by atoms with Gasteiger partial charge in [-0.25, -0.2) is 14.4 Å². The van der Waals surface area contributed by atoms with Crippen LogP contribution in [0.5, 0.6) is 0 Å². The number of amides is 2. The van der Waals surface area contributed by atoms with Gasteiger partial charge in [-0.3, -0.25) is 9.69 Å². The van der Waals surface area contributed by atoms with Crippen molar-refractivity contribution in [3.8, 4) is 0 Å². The molecule has 3 aromatic rings. The predicted molar refractivity (Wildman–Crippen MR) is 167 cm³/mol. The first-order valence-corrected chi connectivity index (χ1v) is 16.2. The molecule has 2 amide bonds. The molecule has 0 aromatic heterocycles. The summed E-state index contributed by atoms with van der Waals surface area (Å²) < 4.78 is 23.5. The number of ether oxygens (including phenoxy) is 4. The Hall–Kier alpha value is -4.35. The van der Waals surface area contributed by atoms with E-state index in [-0.39, 0.29) is 25.5 Å². The number of benzene rings is 3. The summed E-state index contributed by atoms with van der Waals surface area (Å²) in [6, 6.07) is 25.8. The molecule has 10 nitrogen and oxygen atoms in total. The van der Waals surface area contributed by atoms with E-state index in [1.165, 1.54) is 16.7 Å². The van der Waals surface area contributed by atoms with E-state index in [4.69, 9.17) is 18.9 Å². The van der Waals surface area contributed by atoms with Crippen molar-refractivity contribution in [2.75, 3.05) is 19.3 Å². The molecule has 0 spiro atoms. The number of rotatable bonds is 10. The molecule has 0 saturated carbocycles. The maximum atomic E-state index is 13.3. The van der Waals surface area contributed by atoms with E-state index in [0.29, 0.717) is 30.5 Å². The Balaban J connectivity index is 1.23. The second-order valence-electron chi connectivity index (χ2n) is 10.8. The van der Waals surface area contributed by atoms with Gasteiger partial charge in [-0.1, -0.05) is 66.7 Å². The van der Waals surface area contributed by atoms with Crippen molar-refractivity contribution in [3.05, 3.63) is 108 Å². The van der Waals surface area contributed by atoms with Crippen molar-refractivity contribution >= 4 is 35.7 Å². The van der Waals surface area contributed by atoms with Gasteiger partial charge in [-0.05, 0) is 48.9 Å². The lowest BCUT2D eigenvalue weighted by Gasteiger charge is -2.40. The zero-order valence-corrected chi connectivity index (χ0v) is 25.7. The van der Waals surface area contributed by atoms with Gasteiger partial charge in [0.05, 0.1) is 17.2 Å². The molecule has 2 aliphatic heterocycles. The van der Waals surface area contributed by atoms with Crippen molar-refractivity contribution in [2.45, 2.75) is 55.7 Å². The van der Waals surface area contributed by atoms with Crippen molar-refractivity contribution in [1.82, 2.24) is 10.2 Å². The summed E-state index contributed by atoms with van der Waals surface area (Å²) in [5.41, 5.74) is 0.920. The van der Waals surface area contributed by atoms with Crippen LogP contribution in [0.1, 0.15) is 45.5 Å². The van der Waals surface area contributed by atoms with Gasteiger partial charge in [-0.2, -0.15) is 0 Å². The highest BCUT2D eigenvalue weighted by Crippen LogP contribution is 2.32. The number of likely N-dealkylation sites (tertiary alicyclic amines) is 1. The minimum atomic E-state index is -0.892. The van der Waals surface area contributed by atoms with E-state index in [2.05, 4.69) is 5.32 Å². The minimum absolute atomic E-state index is 0.109. The van der Waals surface area contributed by atoms with Crippen LogP contribution in [0.4, 0.5) is 4.79 Å². The van der Waals surface area contributed by atoms with Crippen LogP contribution in [-0.2, 0) is 30.3 Å². The van der Waals surface area contributed by atoms with Gasteiger partial charge in [-0.15, -0.1) is 11.8 Å². The second kappa shape index (κ2) is 15.6. The average Bonchev–Trinajstić information content (AvgIpc) is 3.58. The van der Waals surface area contributed by atoms with Crippen LogP contribution in [0.25, 0.3) is 0 Å². The van der Waals surface area contributed by atoms with E-state index in [9.17, 15) is 19.2 Å². The summed E-state index contributed by atoms with van der Waals surface area (Å²) in [7, 11) is 0. The quantitative estimate of drug-likeness (QED) is 0.248. The molecule has 2 heterocycles. The van der Waals surface area contributed by atoms with E-state index >= 15 is 0 Å². The molecule has 1 unspecified atom stereocenters. The van der Waals surface area contributed by atoms with Crippen LogP contribution in [0.15, 0.2) is 91.0 Å². The SMILES string of the molecule is CS[C@@H]1O[C@@H](CNC(=O)C2CCCN2C(=O)OCc2ccccc2)C[C@@H](OC(=O)c2ccccc2)[C@H]1OC(=O)c1ccccc1. The third-order valence-electron chi connectivity index (χ3n) is 7.71. The van der Waals surface area contributed by atoms with Gasteiger partial charge in [0.25, 0.3) is 0 Å². The van der Waals surface area contributed by atoms with Crippen LogP contribution in [0.2, 0.25) is 0 Å². The normalized spacial score (nSPS) is 22.7. The molecule has 45 heavy (non-hydrogen) atoms. The largest absolute Gasteiger partial charge is 0.455 e. The van der Waals surface area contributed by atoms with E-state index < -0.39 is 47.8 Å². The molecule has 236 valence electrons. The van der Waals surface area contributed by atoms with Gasteiger partial charge in [0.1, 0.15) is 24.2 Å². The number of hydrogen-bond acceptors (Lipinski definition) is 9. The fraction of sp³-hybridized carbons (Fsp3) is 0.353. The molecule has 0 radical (unpaired) electrons. The Kier molecular flexibility index (Phi) is 11.1. The number of thioether (sulfide) groups is 1. The number of esters is 2.